The molecule has 0 aliphatic heterocycles. The lowest BCUT2D eigenvalue weighted by Gasteiger charge is -2.32. The minimum absolute atomic E-state index is 0.0102. The lowest BCUT2D eigenvalue weighted by atomic mass is 10.1. The van der Waals surface area contributed by atoms with Crippen molar-refractivity contribution in [2.45, 2.75) is 63.1 Å². The van der Waals surface area contributed by atoms with Crippen molar-refractivity contribution in [1.29, 1.82) is 0 Å². The summed E-state index contributed by atoms with van der Waals surface area (Å²) in [5.41, 5.74) is 2.03. The zero-order chi connectivity index (χ0) is 28.9. The monoisotopic (exact) mass is 601 g/mol. The van der Waals surface area contributed by atoms with Gasteiger partial charge in [0.05, 0.1) is 10.6 Å². The number of nitrogens with zero attached hydrogens (tertiary/aromatic N) is 2. The minimum atomic E-state index is -4.19. The average molecular weight is 603 g/mol. The number of halogens is 2. The summed E-state index contributed by atoms with van der Waals surface area (Å²) in [6.07, 6.45) is 3.92. The van der Waals surface area contributed by atoms with Crippen molar-refractivity contribution in [3.63, 3.8) is 0 Å². The van der Waals surface area contributed by atoms with Gasteiger partial charge in [-0.1, -0.05) is 84.1 Å². The van der Waals surface area contributed by atoms with Crippen molar-refractivity contribution >= 4 is 50.7 Å². The van der Waals surface area contributed by atoms with Crippen LogP contribution in [0.5, 0.6) is 0 Å². The summed E-state index contributed by atoms with van der Waals surface area (Å²) in [5.74, 6) is -0.805. The second-order valence-electron chi connectivity index (χ2n) is 10.1. The smallest absolute Gasteiger partial charge is 0.264 e. The number of benzene rings is 3. The summed E-state index contributed by atoms with van der Waals surface area (Å²) in [6.45, 7) is 3.21. The number of sulfonamides is 1. The van der Waals surface area contributed by atoms with Gasteiger partial charge in [0.15, 0.2) is 0 Å². The van der Waals surface area contributed by atoms with Crippen molar-refractivity contribution in [2.24, 2.45) is 0 Å². The van der Waals surface area contributed by atoms with Crippen LogP contribution in [-0.4, -0.2) is 43.8 Å². The molecule has 0 radical (unpaired) electrons. The number of amides is 2. The van der Waals surface area contributed by atoms with E-state index >= 15 is 0 Å². The van der Waals surface area contributed by atoms with E-state index in [0.717, 1.165) is 41.1 Å². The molecule has 7 nitrogen and oxygen atoms in total. The predicted octanol–water partition coefficient (Wildman–Crippen LogP) is 5.97. The van der Waals surface area contributed by atoms with E-state index in [-0.39, 0.29) is 39.1 Å². The standard InChI is InChI=1S/C30H33Cl2N3O4S/c1-21-12-14-23(15-13-21)19-34(22(2)30(37)33-26-8-6-7-9-26)29(36)20-35(27-17-24(31)16-25(32)18-27)40(38,39)28-10-4-3-5-11-28/h3-5,10-18,22,26H,6-9,19-20H2,1-2H3,(H,33,37)/t22-/m0/s1. The van der Waals surface area contributed by atoms with Crippen molar-refractivity contribution in [3.05, 3.63) is 94.0 Å². The van der Waals surface area contributed by atoms with Gasteiger partial charge in [-0.3, -0.25) is 13.9 Å². The van der Waals surface area contributed by atoms with Gasteiger partial charge in [0, 0.05) is 22.6 Å². The average Bonchev–Trinajstić information content (AvgIpc) is 3.43. The van der Waals surface area contributed by atoms with Crippen molar-refractivity contribution in [3.8, 4) is 0 Å². The molecule has 0 bridgehead atoms. The second-order valence-corrected chi connectivity index (χ2v) is 12.9. The summed E-state index contributed by atoms with van der Waals surface area (Å²) in [4.78, 5) is 28.7. The molecule has 1 N–H and O–H groups in total. The summed E-state index contributed by atoms with van der Waals surface area (Å²) in [7, 11) is -4.19. The molecule has 1 saturated carbocycles. The number of carbonyl (C=O) groups excluding carboxylic acids is 2. The van der Waals surface area contributed by atoms with E-state index in [1.165, 1.54) is 35.2 Å². The summed E-state index contributed by atoms with van der Waals surface area (Å²) in [6, 6.07) is 19.1. The lowest BCUT2D eigenvalue weighted by Crippen LogP contribution is -2.52. The van der Waals surface area contributed by atoms with E-state index in [1.807, 2.05) is 31.2 Å². The first-order valence-electron chi connectivity index (χ1n) is 13.2. The molecule has 1 fully saturated rings. The third-order valence-corrected chi connectivity index (χ3v) is 9.31. The molecule has 1 atom stereocenters. The van der Waals surface area contributed by atoms with Crippen molar-refractivity contribution in [1.82, 2.24) is 10.2 Å². The fourth-order valence-electron chi connectivity index (χ4n) is 4.80. The Bertz CT molecular complexity index is 1420. The van der Waals surface area contributed by atoms with E-state index < -0.39 is 28.5 Å². The van der Waals surface area contributed by atoms with Crippen molar-refractivity contribution < 1.29 is 18.0 Å². The van der Waals surface area contributed by atoms with E-state index in [9.17, 15) is 18.0 Å². The Kier molecular flexibility index (Phi) is 9.77. The van der Waals surface area contributed by atoms with Gasteiger partial charge in [-0.15, -0.1) is 0 Å². The molecule has 3 aromatic rings. The Hall–Kier alpha value is -3.07. The fraction of sp³-hybridized carbons (Fsp3) is 0.333. The highest BCUT2D eigenvalue weighted by molar-refractivity contribution is 7.92. The van der Waals surface area contributed by atoms with Gasteiger partial charge in [0.25, 0.3) is 10.0 Å². The Balaban J connectivity index is 1.69. The summed E-state index contributed by atoms with van der Waals surface area (Å²) in [5, 5.41) is 3.52. The second kappa shape index (κ2) is 13.1. The molecular formula is C30H33Cl2N3O4S. The molecule has 3 aromatic carbocycles. The zero-order valence-corrected chi connectivity index (χ0v) is 24.8. The molecule has 0 spiro atoms. The maximum absolute atomic E-state index is 14.0. The SMILES string of the molecule is Cc1ccc(CN(C(=O)CN(c2cc(Cl)cc(Cl)c2)S(=O)(=O)c2ccccc2)[C@@H](C)C(=O)NC2CCCC2)cc1. The van der Waals surface area contributed by atoms with Crippen LogP contribution in [0.4, 0.5) is 5.69 Å². The van der Waals surface area contributed by atoms with Crippen LogP contribution in [0.1, 0.15) is 43.7 Å². The third kappa shape index (κ3) is 7.36. The molecule has 40 heavy (non-hydrogen) atoms. The molecule has 0 unspecified atom stereocenters. The first-order valence-corrected chi connectivity index (χ1v) is 15.4. The Morgan fingerprint density at radius 1 is 0.950 bits per heavy atom. The van der Waals surface area contributed by atoms with Crippen LogP contribution in [0.3, 0.4) is 0 Å². The quantitative estimate of drug-likeness (QED) is 0.310. The molecule has 0 aromatic heterocycles. The number of carbonyl (C=O) groups is 2. The molecule has 2 amide bonds. The molecule has 0 heterocycles. The van der Waals surface area contributed by atoms with E-state index in [4.69, 9.17) is 23.2 Å². The minimum Gasteiger partial charge on any atom is -0.352 e. The number of rotatable bonds is 10. The summed E-state index contributed by atoms with van der Waals surface area (Å²) >= 11 is 12.5. The lowest BCUT2D eigenvalue weighted by molar-refractivity contribution is -0.139. The fourth-order valence-corrected chi connectivity index (χ4v) is 6.73. The highest BCUT2D eigenvalue weighted by atomic mass is 35.5. The Morgan fingerprint density at radius 2 is 1.55 bits per heavy atom. The van der Waals surface area contributed by atoms with Crippen LogP contribution in [0.2, 0.25) is 10.0 Å². The third-order valence-electron chi connectivity index (χ3n) is 7.09. The van der Waals surface area contributed by atoms with Gasteiger partial charge in [0.1, 0.15) is 12.6 Å². The maximum atomic E-state index is 14.0. The molecule has 1 aliphatic carbocycles. The van der Waals surface area contributed by atoms with Gasteiger partial charge in [0.2, 0.25) is 11.8 Å². The van der Waals surface area contributed by atoms with Crippen LogP contribution < -0.4 is 9.62 Å². The number of aryl methyl sites for hydroxylation is 1. The topological polar surface area (TPSA) is 86.8 Å². The van der Waals surface area contributed by atoms with Crippen LogP contribution in [0.15, 0.2) is 77.7 Å². The van der Waals surface area contributed by atoms with Gasteiger partial charge in [-0.05, 0) is 62.6 Å². The Morgan fingerprint density at radius 3 is 2.15 bits per heavy atom. The normalized spacial score (nSPS) is 14.5. The number of anilines is 1. The molecule has 1 aliphatic rings. The molecule has 212 valence electrons. The Labute approximate surface area is 246 Å². The molecule has 0 saturated heterocycles. The zero-order valence-electron chi connectivity index (χ0n) is 22.5. The first-order chi connectivity index (χ1) is 19.0. The van der Waals surface area contributed by atoms with Crippen LogP contribution in [-0.2, 0) is 26.2 Å². The highest BCUT2D eigenvalue weighted by Gasteiger charge is 2.33. The molecular weight excluding hydrogens is 569 g/mol. The van der Waals surface area contributed by atoms with Gasteiger partial charge in [-0.2, -0.15) is 0 Å². The van der Waals surface area contributed by atoms with E-state index in [1.54, 1.807) is 25.1 Å². The van der Waals surface area contributed by atoms with E-state index in [0.29, 0.717) is 0 Å². The van der Waals surface area contributed by atoms with Crippen molar-refractivity contribution in [2.75, 3.05) is 10.8 Å². The van der Waals surface area contributed by atoms with Gasteiger partial charge >= 0.3 is 0 Å². The first kappa shape index (κ1) is 29.9. The largest absolute Gasteiger partial charge is 0.352 e. The highest BCUT2D eigenvalue weighted by Crippen LogP contribution is 2.30. The van der Waals surface area contributed by atoms with Gasteiger partial charge in [-0.25, -0.2) is 8.42 Å². The maximum Gasteiger partial charge on any atom is 0.264 e. The molecule has 4 rings (SSSR count). The van der Waals surface area contributed by atoms with Crippen LogP contribution >= 0.6 is 23.2 Å². The predicted molar refractivity (Wildman–Crippen MR) is 159 cm³/mol. The van der Waals surface area contributed by atoms with Gasteiger partial charge < -0.3 is 10.2 Å². The van der Waals surface area contributed by atoms with Crippen LogP contribution in [0, 0.1) is 6.92 Å². The van der Waals surface area contributed by atoms with E-state index in [2.05, 4.69) is 5.32 Å². The van der Waals surface area contributed by atoms with Crippen LogP contribution in [0.25, 0.3) is 0 Å². The summed E-state index contributed by atoms with van der Waals surface area (Å²) < 4.78 is 28.7. The number of hydrogen-bond acceptors (Lipinski definition) is 4. The number of nitrogens with one attached hydrogen (secondary N) is 1. The molecule has 10 heteroatoms. The number of hydrogen-bond donors (Lipinski definition) is 1.